The highest BCUT2D eigenvalue weighted by Crippen LogP contribution is 2.39. The number of nitrogens with zero attached hydrogens (tertiary/aromatic N) is 1. The lowest BCUT2D eigenvalue weighted by molar-refractivity contribution is 0.0730. The van der Waals surface area contributed by atoms with Crippen molar-refractivity contribution in [1.29, 1.82) is 0 Å². The number of amides is 1. The number of carbonyl (C=O) groups excluding carboxylic acids is 2. The van der Waals surface area contributed by atoms with Crippen molar-refractivity contribution in [2.45, 2.75) is 0 Å². The molecule has 0 saturated heterocycles. The van der Waals surface area contributed by atoms with Crippen molar-refractivity contribution in [3.63, 3.8) is 0 Å². The van der Waals surface area contributed by atoms with Gasteiger partial charge in [0, 0.05) is 36.6 Å². The van der Waals surface area contributed by atoms with Crippen LogP contribution in [0.5, 0.6) is 17.2 Å². The zero-order valence-corrected chi connectivity index (χ0v) is 25.3. The topological polar surface area (TPSA) is 102 Å². The molecule has 0 fully saturated rings. The zero-order valence-electron chi connectivity index (χ0n) is 22.2. The molecule has 2 N–H and O–H groups in total. The molecule has 0 aliphatic carbocycles. The van der Waals surface area contributed by atoms with Crippen LogP contribution >= 0.6 is 39.1 Å². The van der Waals surface area contributed by atoms with E-state index < -0.39 is 11.9 Å². The van der Waals surface area contributed by atoms with Crippen LogP contribution in [-0.4, -0.2) is 37.3 Å². The Morgan fingerprint density at radius 2 is 1.67 bits per heavy atom. The van der Waals surface area contributed by atoms with Gasteiger partial charge in [0.25, 0.3) is 5.91 Å². The standard InChI is InChI=1S/C31H22BrCl2N3O5/c1-40-25-13-11-19(33)15-22(25)31(39)42-24-12-10-18(32)14-17(24)16-35-37-30(38)29-27(20-6-3-4-8-23(20)34)21-7-5-9-26(41-2)28(21)36-29/h3-16,36H,1-2H3,(H,37,38). The fraction of sp³-hybridized carbons (Fsp3) is 0.0645. The van der Waals surface area contributed by atoms with Crippen LogP contribution in [0.4, 0.5) is 0 Å². The molecule has 0 spiro atoms. The summed E-state index contributed by atoms with van der Waals surface area (Å²) in [5.74, 6) is -0.104. The van der Waals surface area contributed by atoms with Gasteiger partial charge >= 0.3 is 5.97 Å². The Bertz CT molecular complexity index is 1850. The lowest BCUT2D eigenvalue weighted by Gasteiger charge is -2.11. The van der Waals surface area contributed by atoms with E-state index in [0.29, 0.717) is 48.2 Å². The van der Waals surface area contributed by atoms with Crippen molar-refractivity contribution >= 4 is 68.1 Å². The molecule has 0 saturated carbocycles. The number of methoxy groups -OCH3 is 2. The van der Waals surface area contributed by atoms with Crippen LogP contribution in [0.1, 0.15) is 26.4 Å². The minimum atomic E-state index is -0.674. The summed E-state index contributed by atoms with van der Waals surface area (Å²) in [4.78, 5) is 29.6. The van der Waals surface area contributed by atoms with Crippen molar-refractivity contribution in [3.05, 3.63) is 110 Å². The highest BCUT2D eigenvalue weighted by molar-refractivity contribution is 9.10. The summed E-state index contributed by atoms with van der Waals surface area (Å²) in [6, 6.07) is 22.4. The quantitative estimate of drug-likeness (QED) is 0.0759. The second kappa shape index (κ2) is 12.7. The molecule has 8 nitrogen and oxygen atoms in total. The van der Waals surface area contributed by atoms with Crippen molar-refractivity contribution < 1.29 is 23.8 Å². The Morgan fingerprint density at radius 3 is 2.43 bits per heavy atom. The van der Waals surface area contributed by atoms with E-state index in [1.807, 2.05) is 30.3 Å². The first-order chi connectivity index (χ1) is 20.3. The van der Waals surface area contributed by atoms with Crippen LogP contribution in [0.15, 0.2) is 88.4 Å². The Morgan fingerprint density at radius 1 is 0.905 bits per heavy atom. The summed E-state index contributed by atoms with van der Waals surface area (Å²) < 4.78 is 17.1. The van der Waals surface area contributed by atoms with E-state index >= 15 is 0 Å². The number of hydrogen-bond acceptors (Lipinski definition) is 6. The fourth-order valence-electron chi connectivity index (χ4n) is 4.40. The van der Waals surface area contributed by atoms with Gasteiger partial charge < -0.3 is 19.2 Å². The van der Waals surface area contributed by atoms with E-state index in [1.54, 1.807) is 49.6 Å². The van der Waals surface area contributed by atoms with Crippen LogP contribution in [0.2, 0.25) is 10.0 Å². The van der Waals surface area contributed by atoms with Crippen molar-refractivity contribution in [2.75, 3.05) is 14.2 Å². The van der Waals surface area contributed by atoms with Gasteiger partial charge in [0.2, 0.25) is 0 Å². The third kappa shape index (κ3) is 5.99. The number of hydrazone groups is 1. The number of carbonyl (C=O) groups is 2. The molecule has 0 aliphatic heterocycles. The molecule has 1 heterocycles. The van der Waals surface area contributed by atoms with E-state index in [2.05, 4.69) is 31.4 Å². The number of para-hydroxylation sites is 1. The lowest BCUT2D eigenvalue weighted by Crippen LogP contribution is -2.19. The summed E-state index contributed by atoms with van der Waals surface area (Å²) >= 11 is 16.0. The van der Waals surface area contributed by atoms with E-state index in [9.17, 15) is 9.59 Å². The molecule has 42 heavy (non-hydrogen) atoms. The smallest absolute Gasteiger partial charge is 0.347 e. The van der Waals surface area contributed by atoms with Gasteiger partial charge in [0.05, 0.1) is 26.0 Å². The van der Waals surface area contributed by atoms with Crippen molar-refractivity contribution in [1.82, 2.24) is 10.4 Å². The maximum Gasteiger partial charge on any atom is 0.347 e. The van der Waals surface area contributed by atoms with Gasteiger partial charge in [-0.1, -0.05) is 69.5 Å². The van der Waals surface area contributed by atoms with Crippen LogP contribution in [0.3, 0.4) is 0 Å². The highest BCUT2D eigenvalue weighted by Gasteiger charge is 2.22. The summed E-state index contributed by atoms with van der Waals surface area (Å²) in [5.41, 5.74) is 5.30. The third-order valence-electron chi connectivity index (χ3n) is 6.31. The first kappa shape index (κ1) is 29.2. The molecule has 0 radical (unpaired) electrons. The Balaban J connectivity index is 1.45. The normalized spacial score (nSPS) is 11.1. The zero-order chi connectivity index (χ0) is 29.8. The van der Waals surface area contributed by atoms with Gasteiger partial charge in [0.15, 0.2) is 0 Å². The number of aromatic nitrogens is 1. The molecule has 5 rings (SSSR count). The van der Waals surface area contributed by atoms with E-state index in [0.717, 1.165) is 5.39 Å². The van der Waals surface area contributed by atoms with Gasteiger partial charge in [-0.05, 0) is 48.5 Å². The lowest BCUT2D eigenvalue weighted by atomic mass is 10.0. The average Bonchev–Trinajstić information content (AvgIpc) is 3.38. The second-order valence-electron chi connectivity index (χ2n) is 8.85. The largest absolute Gasteiger partial charge is 0.496 e. The Hall–Kier alpha value is -4.31. The molecule has 5 aromatic rings. The van der Waals surface area contributed by atoms with Crippen LogP contribution < -0.4 is 19.6 Å². The molecule has 1 amide bonds. The number of esters is 1. The highest BCUT2D eigenvalue weighted by atomic mass is 79.9. The van der Waals surface area contributed by atoms with E-state index in [4.69, 9.17) is 37.4 Å². The Kier molecular flexibility index (Phi) is 8.82. The predicted octanol–water partition coefficient (Wildman–Crippen LogP) is 7.90. The molecule has 11 heteroatoms. The number of ether oxygens (including phenoxy) is 3. The SMILES string of the molecule is COc1ccc(Cl)cc1C(=O)Oc1ccc(Br)cc1C=NNC(=O)c1[nH]c2c(OC)cccc2c1-c1ccccc1Cl. The molecular formula is C31H22BrCl2N3O5. The van der Waals surface area contributed by atoms with Crippen LogP contribution in [-0.2, 0) is 0 Å². The maximum atomic E-state index is 13.5. The summed E-state index contributed by atoms with van der Waals surface area (Å²) in [7, 11) is 3.00. The van der Waals surface area contributed by atoms with Crippen molar-refractivity contribution in [2.24, 2.45) is 5.10 Å². The predicted molar refractivity (Wildman–Crippen MR) is 167 cm³/mol. The summed E-state index contributed by atoms with van der Waals surface area (Å²) in [6.45, 7) is 0. The average molecular weight is 667 g/mol. The number of benzene rings is 4. The Labute approximate surface area is 259 Å². The summed E-state index contributed by atoms with van der Waals surface area (Å²) in [6.07, 6.45) is 1.37. The number of halogens is 3. The van der Waals surface area contributed by atoms with Gasteiger partial charge in [-0.2, -0.15) is 5.10 Å². The minimum Gasteiger partial charge on any atom is -0.496 e. The minimum absolute atomic E-state index is 0.158. The molecular weight excluding hydrogens is 645 g/mol. The van der Waals surface area contributed by atoms with Gasteiger partial charge in [0.1, 0.15) is 28.5 Å². The first-order valence-electron chi connectivity index (χ1n) is 12.4. The second-order valence-corrected chi connectivity index (χ2v) is 10.6. The molecule has 4 aromatic carbocycles. The number of aromatic amines is 1. The number of hydrogen-bond donors (Lipinski definition) is 2. The van der Waals surface area contributed by atoms with Gasteiger partial charge in [-0.15, -0.1) is 0 Å². The fourth-order valence-corrected chi connectivity index (χ4v) is 5.18. The van der Waals surface area contributed by atoms with Gasteiger partial charge in [-0.3, -0.25) is 4.79 Å². The maximum absolute atomic E-state index is 13.5. The van der Waals surface area contributed by atoms with Crippen LogP contribution in [0.25, 0.3) is 22.0 Å². The first-order valence-corrected chi connectivity index (χ1v) is 14.0. The number of nitrogens with one attached hydrogen (secondary N) is 2. The molecule has 212 valence electrons. The number of rotatable bonds is 8. The van der Waals surface area contributed by atoms with Crippen LogP contribution in [0, 0.1) is 0 Å². The van der Waals surface area contributed by atoms with E-state index in [1.165, 1.54) is 19.4 Å². The third-order valence-corrected chi connectivity index (χ3v) is 7.37. The molecule has 0 aliphatic rings. The summed E-state index contributed by atoms with van der Waals surface area (Å²) in [5, 5.41) is 5.75. The molecule has 0 bridgehead atoms. The number of H-pyrrole nitrogens is 1. The molecule has 0 atom stereocenters. The molecule has 1 aromatic heterocycles. The van der Waals surface area contributed by atoms with Crippen molar-refractivity contribution in [3.8, 4) is 28.4 Å². The van der Waals surface area contributed by atoms with E-state index in [-0.39, 0.29) is 17.0 Å². The monoisotopic (exact) mass is 665 g/mol. The molecule has 0 unspecified atom stereocenters. The number of fused-ring (bicyclic) bond motifs is 1. The van der Waals surface area contributed by atoms with Gasteiger partial charge in [-0.25, -0.2) is 10.2 Å².